The van der Waals surface area contributed by atoms with Crippen molar-refractivity contribution in [2.24, 2.45) is 5.73 Å². The Balaban J connectivity index is 2.65. The molecule has 0 spiro atoms. The topological polar surface area (TPSA) is 87.2 Å². The summed E-state index contributed by atoms with van der Waals surface area (Å²) in [6.07, 6.45) is 0. The van der Waals surface area contributed by atoms with E-state index in [-0.39, 0.29) is 11.6 Å². The number of nitrogens with two attached hydrogens (primary N) is 1. The summed E-state index contributed by atoms with van der Waals surface area (Å²) >= 11 is 0. The van der Waals surface area contributed by atoms with Crippen LogP contribution in [-0.4, -0.2) is 43.2 Å². The van der Waals surface area contributed by atoms with Gasteiger partial charge in [0, 0.05) is 18.7 Å². The molecule has 0 radical (unpaired) electrons. The summed E-state index contributed by atoms with van der Waals surface area (Å²) in [5, 5.41) is 7.43. The van der Waals surface area contributed by atoms with Gasteiger partial charge in [-0.15, -0.1) is 0 Å². The number of nitrogens with one attached hydrogen (secondary N) is 1. The first-order valence-corrected chi connectivity index (χ1v) is 8.52. The van der Waals surface area contributed by atoms with Crippen LogP contribution in [0, 0.1) is 5.41 Å². The third-order valence-electron chi connectivity index (χ3n) is 3.37. The highest BCUT2D eigenvalue weighted by Crippen LogP contribution is 2.16. The molecule has 1 aromatic carbocycles. The Hall–Kier alpha value is -1.40. The van der Waals surface area contributed by atoms with Crippen LogP contribution in [0.15, 0.2) is 24.3 Å². The van der Waals surface area contributed by atoms with Gasteiger partial charge in [-0.2, -0.15) is 0 Å². The van der Waals surface area contributed by atoms with Gasteiger partial charge in [-0.3, -0.25) is 5.41 Å². The molecular weight excluding hydrogens is 286 g/mol. The predicted molar refractivity (Wildman–Crippen MR) is 87.3 cm³/mol. The first kappa shape index (κ1) is 17.7. The van der Waals surface area contributed by atoms with Crippen molar-refractivity contribution >= 4 is 15.7 Å². The molecule has 0 aliphatic heterocycles. The normalized spacial score (nSPS) is 12.6. The standard InChI is InChI=1S/C15H25N3O2S/c1-15(2,3)21(19,20)9-8-18(4)11-12-6-5-7-13(10-12)14(16)17/h5-7,10H,8-9,11H2,1-4H3,(H3,16,17). The molecule has 0 amide bonds. The van der Waals surface area contributed by atoms with Crippen LogP contribution in [0.2, 0.25) is 0 Å². The minimum absolute atomic E-state index is 0.0369. The molecule has 3 N–H and O–H groups in total. The molecule has 5 nitrogen and oxygen atoms in total. The van der Waals surface area contributed by atoms with E-state index in [9.17, 15) is 8.42 Å². The second-order valence-electron chi connectivity index (χ2n) is 6.28. The maximum atomic E-state index is 12.1. The van der Waals surface area contributed by atoms with Gasteiger partial charge >= 0.3 is 0 Å². The lowest BCUT2D eigenvalue weighted by Gasteiger charge is -2.22. The fourth-order valence-corrected chi connectivity index (χ4v) is 2.97. The van der Waals surface area contributed by atoms with Gasteiger partial charge in [-0.05, 0) is 39.4 Å². The Kier molecular flexibility index (Phi) is 5.53. The summed E-state index contributed by atoms with van der Waals surface area (Å²) in [6, 6.07) is 7.44. The van der Waals surface area contributed by atoms with Crippen LogP contribution in [0.3, 0.4) is 0 Å². The average molecular weight is 311 g/mol. The van der Waals surface area contributed by atoms with Crippen molar-refractivity contribution in [2.45, 2.75) is 32.1 Å². The van der Waals surface area contributed by atoms with Gasteiger partial charge in [0.05, 0.1) is 10.5 Å². The van der Waals surface area contributed by atoms with Crippen LogP contribution >= 0.6 is 0 Å². The predicted octanol–water partition coefficient (Wildman–Crippen LogP) is 1.62. The zero-order valence-corrected chi connectivity index (χ0v) is 14.0. The van der Waals surface area contributed by atoms with Crippen molar-refractivity contribution in [2.75, 3.05) is 19.3 Å². The molecule has 1 rings (SSSR count). The van der Waals surface area contributed by atoms with E-state index in [1.165, 1.54) is 0 Å². The molecule has 0 aromatic heterocycles. The SMILES string of the molecule is CN(CCS(=O)(=O)C(C)(C)C)Cc1cccc(C(=N)N)c1. The average Bonchev–Trinajstić information content (AvgIpc) is 2.35. The highest BCUT2D eigenvalue weighted by atomic mass is 32.2. The number of nitrogen functional groups attached to an aromatic ring is 1. The molecule has 0 aliphatic rings. The zero-order chi connectivity index (χ0) is 16.3. The van der Waals surface area contributed by atoms with Crippen LogP contribution < -0.4 is 5.73 Å². The zero-order valence-electron chi connectivity index (χ0n) is 13.2. The minimum atomic E-state index is -3.10. The second-order valence-corrected chi connectivity index (χ2v) is 9.15. The minimum Gasteiger partial charge on any atom is -0.384 e. The van der Waals surface area contributed by atoms with Crippen LogP contribution in [-0.2, 0) is 16.4 Å². The quantitative estimate of drug-likeness (QED) is 0.617. The first-order valence-electron chi connectivity index (χ1n) is 6.87. The van der Waals surface area contributed by atoms with Gasteiger partial charge in [-0.1, -0.05) is 18.2 Å². The van der Waals surface area contributed by atoms with Crippen LogP contribution in [0.5, 0.6) is 0 Å². The Morgan fingerprint density at radius 3 is 2.48 bits per heavy atom. The van der Waals surface area contributed by atoms with E-state index in [1.807, 2.05) is 30.1 Å². The molecule has 0 heterocycles. The fourth-order valence-electron chi connectivity index (χ4n) is 1.81. The monoisotopic (exact) mass is 311 g/mol. The van der Waals surface area contributed by atoms with E-state index < -0.39 is 14.6 Å². The molecule has 118 valence electrons. The largest absolute Gasteiger partial charge is 0.384 e. The maximum Gasteiger partial charge on any atom is 0.156 e. The molecule has 0 saturated heterocycles. The van der Waals surface area contributed by atoms with Gasteiger partial charge in [0.15, 0.2) is 9.84 Å². The summed E-state index contributed by atoms with van der Waals surface area (Å²) in [5.74, 6) is 0.175. The van der Waals surface area contributed by atoms with Crippen molar-refractivity contribution < 1.29 is 8.42 Å². The first-order chi connectivity index (χ1) is 9.53. The van der Waals surface area contributed by atoms with E-state index in [0.717, 1.165) is 5.56 Å². The van der Waals surface area contributed by atoms with Gasteiger partial charge in [0.1, 0.15) is 5.84 Å². The van der Waals surface area contributed by atoms with E-state index in [1.54, 1.807) is 26.8 Å². The third kappa shape index (κ3) is 5.13. The second kappa shape index (κ2) is 6.58. The molecule has 0 atom stereocenters. The molecule has 0 fully saturated rings. The molecular formula is C15H25N3O2S. The van der Waals surface area contributed by atoms with Gasteiger partial charge in [-0.25, -0.2) is 8.42 Å². The van der Waals surface area contributed by atoms with Gasteiger partial charge in [0.2, 0.25) is 0 Å². The van der Waals surface area contributed by atoms with Crippen molar-refractivity contribution in [3.05, 3.63) is 35.4 Å². The Labute approximate surface area is 127 Å². The van der Waals surface area contributed by atoms with Crippen molar-refractivity contribution in [1.29, 1.82) is 5.41 Å². The van der Waals surface area contributed by atoms with E-state index in [4.69, 9.17) is 11.1 Å². The van der Waals surface area contributed by atoms with E-state index in [2.05, 4.69) is 0 Å². The van der Waals surface area contributed by atoms with Gasteiger partial charge in [0.25, 0.3) is 0 Å². The van der Waals surface area contributed by atoms with Crippen molar-refractivity contribution in [1.82, 2.24) is 4.90 Å². The Bertz CT molecular complexity index is 604. The number of rotatable bonds is 6. The summed E-state index contributed by atoms with van der Waals surface area (Å²) < 4.78 is 23.4. The lowest BCUT2D eigenvalue weighted by atomic mass is 10.1. The molecule has 0 saturated carbocycles. The lowest BCUT2D eigenvalue weighted by molar-refractivity contribution is 0.345. The summed E-state index contributed by atoms with van der Waals surface area (Å²) in [7, 11) is -1.21. The summed E-state index contributed by atoms with van der Waals surface area (Å²) in [5.41, 5.74) is 7.16. The highest BCUT2D eigenvalue weighted by Gasteiger charge is 2.28. The van der Waals surface area contributed by atoms with Crippen LogP contribution in [0.4, 0.5) is 0 Å². The lowest BCUT2D eigenvalue weighted by Crippen LogP contribution is -2.35. The van der Waals surface area contributed by atoms with E-state index in [0.29, 0.717) is 18.7 Å². The van der Waals surface area contributed by atoms with Crippen LogP contribution in [0.1, 0.15) is 31.9 Å². The van der Waals surface area contributed by atoms with Crippen molar-refractivity contribution in [3.8, 4) is 0 Å². The number of sulfone groups is 1. The third-order valence-corrected chi connectivity index (χ3v) is 5.95. The molecule has 6 heteroatoms. The molecule has 0 bridgehead atoms. The molecule has 1 aromatic rings. The van der Waals surface area contributed by atoms with Crippen LogP contribution in [0.25, 0.3) is 0 Å². The smallest absolute Gasteiger partial charge is 0.156 e. The summed E-state index contributed by atoms with van der Waals surface area (Å²) in [4.78, 5) is 1.96. The van der Waals surface area contributed by atoms with Crippen molar-refractivity contribution in [3.63, 3.8) is 0 Å². The molecule has 0 unspecified atom stereocenters. The summed E-state index contributed by atoms with van der Waals surface area (Å²) in [6.45, 7) is 6.26. The molecule has 0 aliphatic carbocycles. The number of hydrogen-bond acceptors (Lipinski definition) is 4. The maximum absolute atomic E-state index is 12.1. The highest BCUT2D eigenvalue weighted by molar-refractivity contribution is 7.92. The number of nitrogens with zero attached hydrogens (tertiary/aromatic N) is 1. The Morgan fingerprint density at radius 1 is 1.33 bits per heavy atom. The fraction of sp³-hybridized carbons (Fsp3) is 0.533. The molecule has 21 heavy (non-hydrogen) atoms. The van der Waals surface area contributed by atoms with Gasteiger partial charge < -0.3 is 10.6 Å². The number of benzene rings is 1. The van der Waals surface area contributed by atoms with E-state index >= 15 is 0 Å². The Morgan fingerprint density at radius 2 is 1.95 bits per heavy atom. The number of hydrogen-bond donors (Lipinski definition) is 2. The number of amidine groups is 1.